The van der Waals surface area contributed by atoms with Crippen molar-refractivity contribution in [1.29, 1.82) is 0 Å². The average molecular weight is 263 g/mol. The number of rotatable bonds is 6. The largest absolute Gasteiger partial charge is 0.313 e. The predicted molar refractivity (Wildman–Crippen MR) is 70.6 cm³/mol. The van der Waals surface area contributed by atoms with Crippen molar-refractivity contribution in [3.05, 3.63) is 0 Å². The molecule has 1 aliphatic rings. The van der Waals surface area contributed by atoms with Crippen LogP contribution in [0.4, 0.5) is 0 Å². The van der Waals surface area contributed by atoms with Crippen molar-refractivity contribution in [3.63, 3.8) is 0 Å². The highest BCUT2D eigenvalue weighted by atomic mass is 32.2. The van der Waals surface area contributed by atoms with Crippen LogP contribution in [0.25, 0.3) is 0 Å². The molecule has 0 spiro atoms. The van der Waals surface area contributed by atoms with Crippen molar-refractivity contribution in [2.45, 2.75) is 38.8 Å². The predicted octanol–water partition coefficient (Wildman–Crippen LogP) is -0.00200. The van der Waals surface area contributed by atoms with Gasteiger partial charge < -0.3 is 10.2 Å². The molecule has 0 aliphatic carbocycles. The van der Waals surface area contributed by atoms with Crippen LogP contribution in [0.3, 0.4) is 0 Å². The third-order valence-corrected chi connectivity index (χ3v) is 4.74. The minimum absolute atomic E-state index is 0.161. The summed E-state index contributed by atoms with van der Waals surface area (Å²) >= 11 is 0. The highest BCUT2D eigenvalue weighted by molar-refractivity contribution is 7.89. The van der Waals surface area contributed by atoms with Crippen LogP contribution in [0.1, 0.15) is 26.7 Å². The molecule has 1 rings (SSSR count). The fourth-order valence-electron chi connectivity index (χ4n) is 2.12. The molecule has 5 nitrogen and oxygen atoms in total. The van der Waals surface area contributed by atoms with Gasteiger partial charge in [0.2, 0.25) is 10.0 Å². The van der Waals surface area contributed by atoms with E-state index in [1.807, 2.05) is 0 Å². The molecule has 0 bridgehead atoms. The van der Waals surface area contributed by atoms with E-state index in [1.54, 1.807) is 0 Å². The smallest absolute Gasteiger partial charge is 0.212 e. The fraction of sp³-hybridized carbons (Fsp3) is 1.00. The summed E-state index contributed by atoms with van der Waals surface area (Å²) in [5.41, 5.74) is 0. The fourth-order valence-corrected chi connectivity index (χ4v) is 2.71. The summed E-state index contributed by atoms with van der Waals surface area (Å²) in [5, 5.41) is 3.33. The second-order valence-corrected chi connectivity index (χ2v) is 6.93. The van der Waals surface area contributed by atoms with Gasteiger partial charge in [0.15, 0.2) is 0 Å². The van der Waals surface area contributed by atoms with Gasteiger partial charge in [-0.1, -0.05) is 0 Å². The summed E-state index contributed by atoms with van der Waals surface area (Å²) in [6, 6.07) is 1.08. The van der Waals surface area contributed by atoms with Crippen LogP contribution in [0, 0.1) is 0 Å². The average Bonchev–Trinajstić information content (AvgIpc) is 2.29. The molecule has 0 aromatic rings. The van der Waals surface area contributed by atoms with Gasteiger partial charge in [0, 0.05) is 18.6 Å². The molecule has 1 fully saturated rings. The molecule has 0 unspecified atom stereocenters. The van der Waals surface area contributed by atoms with Gasteiger partial charge in [-0.25, -0.2) is 13.1 Å². The molecular formula is C11H25N3O2S. The lowest BCUT2D eigenvalue weighted by molar-refractivity contribution is 0.162. The zero-order valence-corrected chi connectivity index (χ0v) is 11.9. The topological polar surface area (TPSA) is 61.4 Å². The standard InChI is InChI=1S/C11H25N3O2S/c1-10(2)14-7-4-11(5-8-14)13-6-9-17(15,16)12-3/h10-13H,4-9H2,1-3H3. The van der Waals surface area contributed by atoms with E-state index in [-0.39, 0.29) is 5.75 Å². The van der Waals surface area contributed by atoms with Gasteiger partial charge in [-0.05, 0) is 46.8 Å². The molecule has 2 N–H and O–H groups in total. The first-order valence-electron chi connectivity index (χ1n) is 6.33. The molecule has 0 radical (unpaired) electrons. The number of sulfonamides is 1. The van der Waals surface area contributed by atoms with E-state index in [0.717, 1.165) is 25.9 Å². The molecular weight excluding hydrogens is 238 g/mol. The van der Waals surface area contributed by atoms with Crippen molar-refractivity contribution in [2.24, 2.45) is 0 Å². The quantitative estimate of drug-likeness (QED) is 0.708. The summed E-state index contributed by atoms with van der Waals surface area (Å²) in [6.07, 6.45) is 2.22. The lowest BCUT2D eigenvalue weighted by Gasteiger charge is -2.35. The third kappa shape index (κ3) is 5.33. The van der Waals surface area contributed by atoms with E-state index in [1.165, 1.54) is 7.05 Å². The summed E-state index contributed by atoms with van der Waals surface area (Å²) in [5.74, 6) is 0.161. The molecule has 6 heteroatoms. The van der Waals surface area contributed by atoms with Gasteiger partial charge in [0.05, 0.1) is 5.75 Å². The Hall–Kier alpha value is -0.170. The molecule has 0 amide bonds. The zero-order chi connectivity index (χ0) is 12.9. The highest BCUT2D eigenvalue weighted by Crippen LogP contribution is 2.12. The molecule has 17 heavy (non-hydrogen) atoms. The van der Waals surface area contributed by atoms with Crippen LogP contribution in [0.2, 0.25) is 0 Å². The van der Waals surface area contributed by atoms with Gasteiger partial charge in [-0.3, -0.25) is 0 Å². The Labute approximate surface area is 105 Å². The number of nitrogens with one attached hydrogen (secondary N) is 2. The molecule has 1 heterocycles. The number of piperidine rings is 1. The van der Waals surface area contributed by atoms with E-state index in [4.69, 9.17) is 0 Å². The maximum absolute atomic E-state index is 11.2. The zero-order valence-electron chi connectivity index (χ0n) is 11.1. The summed E-state index contributed by atoms with van der Waals surface area (Å²) in [7, 11) is -1.61. The molecule has 0 atom stereocenters. The maximum atomic E-state index is 11.2. The Morgan fingerprint density at radius 3 is 2.35 bits per heavy atom. The van der Waals surface area contributed by atoms with E-state index in [0.29, 0.717) is 18.6 Å². The minimum Gasteiger partial charge on any atom is -0.313 e. The Morgan fingerprint density at radius 2 is 1.88 bits per heavy atom. The SMILES string of the molecule is CNS(=O)(=O)CCNC1CCN(C(C)C)CC1. The van der Waals surface area contributed by atoms with Crippen LogP contribution < -0.4 is 10.0 Å². The Kier molecular flexibility index (Phi) is 5.85. The molecule has 1 aliphatic heterocycles. The van der Waals surface area contributed by atoms with Crippen molar-refractivity contribution in [2.75, 3.05) is 32.4 Å². The van der Waals surface area contributed by atoms with Gasteiger partial charge >= 0.3 is 0 Å². The van der Waals surface area contributed by atoms with Gasteiger partial charge in [-0.15, -0.1) is 0 Å². The van der Waals surface area contributed by atoms with Gasteiger partial charge in [-0.2, -0.15) is 0 Å². The second-order valence-electron chi connectivity index (χ2n) is 4.88. The number of likely N-dealkylation sites (tertiary alicyclic amines) is 1. The minimum atomic E-state index is -3.07. The van der Waals surface area contributed by atoms with Gasteiger partial charge in [0.1, 0.15) is 0 Å². The van der Waals surface area contributed by atoms with Crippen LogP contribution >= 0.6 is 0 Å². The molecule has 0 saturated carbocycles. The summed E-state index contributed by atoms with van der Waals surface area (Å²) in [6.45, 7) is 7.18. The molecule has 1 saturated heterocycles. The Morgan fingerprint density at radius 1 is 1.29 bits per heavy atom. The lowest BCUT2D eigenvalue weighted by Crippen LogP contribution is -2.46. The van der Waals surface area contributed by atoms with Crippen molar-refractivity contribution in [1.82, 2.24) is 14.9 Å². The number of hydrogen-bond donors (Lipinski definition) is 2. The van der Waals surface area contributed by atoms with E-state index in [9.17, 15) is 8.42 Å². The van der Waals surface area contributed by atoms with Crippen molar-refractivity contribution in [3.8, 4) is 0 Å². The van der Waals surface area contributed by atoms with Gasteiger partial charge in [0.25, 0.3) is 0 Å². The van der Waals surface area contributed by atoms with Crippen LogP contribution in [0.5, 0.6) is 0 Å². The first kappa shape index (κ1) is 14.9. The lowest BCUT2D eigenvalue weighted by atomic mass is 10.0. The number of hydrogen-bond acceptors (Lipinski definition) is 4. The normalized spacial score (nSPS) is 20.0. The second kappa shape index (κ2) is 6.68. The monoisotopic (exact) mass is 263 g/mol. The molecule has 0 aromatic carbocycles. The summed E-state index contributed by atoms with van der Waals surface area (Å²) < 4.78 is 24.8. The molecule has 0 aromatic heterocycles. The van der Waals surface area contributed by atoms with E-state index < -0.39 is 10.0 Å². The Bertz CT molecular complexity index is 309. The maximum Gasteiger partial charge on any atom is 0.212 e. The van der Waals surface area contributed by atoms with E-state index >= 15 is 0 Å². The summed E-state index contributed by atoms with van der Waals surface area (Å²) in [4.78, 5) is 2.46. The first-order chi connectivity index (χ1) is 7.94. The molecule has 102 valence electrons. The van der Waals surface area contributed by atoms with Crippen LogP contribution in [0.15, 0.2) is 0 Å². The van der Waals surface area contributed by atoms with Crippen LogP contribution in [-0.2, 0) is 10.0 Å². The van der Waals surface area contributed by atoms with Crippen molar-refractivity contribution < 1.29 is 8.42 Å². The Balaban J connectivity index is 2.19. The van der Waals surface area contributed by atoms with Crippen molar-refractivity contribution >= 4 is 10.0 Å². The first-order valence-corrected chi connectivity index (χ1v) is 7.98. The van der Waals surface area contributed by atoms with E-state index in [2.05, 4.69) is 28.8 Å². The number of nitrogens with zero attached hydrogens (tertiary/aromatic N) is 1. The highest BCUT2D eigenvalue weighted by Gasteiger charge is 2.20. The third-order valence-electron chi connectivity index (χ3n) is 3.37. The van der Waals surface area contributed by atoms with Crippen LogP contribution in [-0.4, -0.2) is 57.8 Å².